The third-order valence-electron chi connectivity index (χ3n) is 3.50. The average Bonchev–Trinajstić information content (AvgIpc) is 2.78. The number of H-pyrrole nitrogens is 1. The molecule has 2 unspecified atom stereocenters. The zero-order chi connectivity index (χ0) is 13.8. The van der Waals surface area contributed by atoms with Crippen LogP contribution in [-0.4, -0.2) is 27.9 Å². The molecule has 104 valence electrons. The van der Waals surface area contributed by atoms with E-state index in [0.29, 0.717) is 0 Å². The van der Waals surface area contributed by atoms with Crippen molar-refractivity contribution in [2.45, 2.75) is 44.2 Å². The van der Waals surface area contributed by atoms with Gasteiger partial charge in [0.1, 0.15) is 0 Å². The van der Waals surface area contributed by atoms with Crippen LogP contribution < -0.4 is 11.1 Å². The zero-order valence-electron chi connectivity index (χ0n) is 10.6. The molecule has 1 aliphatic rings. The van der Waals surface area contributed by atoms with Crippen molar-refractivity contribution in [2.24, 2.45) is 5.73 Å². The highest BCUT2D eigenvalue weighted by Crippen LogP contribution is 2.17. The predicted octanol–water partition coefficient (Wildman–Crippen LogP) is 1.31. The molecule has 0 saturated heterocycles. The fraction of sp³-hybridized carbons (Fsp3) is 0.583. The lowest BCUT2D eigenvalue weighted by Gasteiger charge is -2.21. The summed E-state index contributed by atoms with van der Waals surface area (Å²) in [6.07, 6.45) is 5.02. The topological polar surface area (TPSA) is 114 Å². The van der Waals surface area contributed by atoms with Gasteiger partial charge in [-0.3, -0.25) is 4.79 Å². The van der Waals surface area contributed by atoms with E-state index in [2.05, 4.69) is 10.3 Å². The van der Waals surface area contributed by atoms with E-state index in [4.69, 9.17) is 5.73 Å². The molecule has 1 amide bonds. The quantitative estimate of drug-likeness (QED) is 0.434. The van der Waals surface area contributed by atoms with Gasteiger partial charge in [0.25, 0.3) is 5.91 Å². The summed E-state index contributed by atoms with van der Waals surface area (Å²) in [5.74, 6) is -0.522. The average molecular weight is 266 g/mol. The Balaban J connectivity index is 2.00. The van der Waals surface area contributed by atoms with Gasteiger partial charge in [-0.05, 0) is 23.8 Å². The predicted molar refractivity (Wildman–Crippen MR) is 69.8 cm³/mol. The molecule has 1 heterocycles. The fourth-order valence-electron chi connectivity index (χ4n) is 2.38. The molecule has 1 saturated carbocycles. The Kier molecular flexibility index (Phi) is 4.16. The summed E-state index contributed by atoms with van der Waals surface area (Å²) >= 11 is 0. The number of carbonyl (C=O) groups excluding carboxylic acids is 1. The molecule has 7 heteroatoms. The summed E-state index contributed by atoms with van der Waals surface area (Å²) in [6, 6.07) is 2.59. The standard InChI is InChI=1S/C12H18N4O3/c13-8-4-2-1-3-5-9(8)15-12(17)10-6-7-11(14-10)16(18)19/h6-9,14H,1-5,13H2,(H,15,17). The van der Waals surface area contributed by atoms with Gasteiger partial charge in [0.2, 0.25) is 0 Å². The number of nitro groups is 1. The number of rotatable bonds is 3. The maximum absolute atomic E-state index is 12.0. The fourth-order valence-corrected chi connectivity index (χ4v) is 2.38. The van der Waals surface area contributed by atoms with Crippen molar-refractivity contribution in [1.82, 2.24) is 10.3 Å². The van der Waals surface area contributed by atoms with Crippen LogP contribution in [0.1, 0.15) is 42.6 Å². The minimum absolute atomic E-state index is 0.0450. The Hall–Kier alpha value is -1.89. The first-order valence-corrected chi connectivity index (χ1v) is 6.48. The second-order valence-electron chi connectivity index (χ2n) is 4.90. The van der Waals surface area contributed by atoms with E-state index in [1.807, 2.05) is 0 Å². The molecular formula is C12H18N4O3. The van der Waals surface area contributed by atoms with Gasteiger partial charge >= 0.3 is 5.82 Å². The molecule has 1 aromatic heterocycles. The molecule has 0 spiro atoms. The van der Waals surface area contributed by atoms with E-state index in [1.165, 1.54) is 12.1 Å². The molecule has 2 atom stereocenters. The van der Waals surface area contributed by atoms with Crippen LogP contribution in [0.2, 0.25) is 0 Å². The maximum Gasteiger partial charge on any atom is 0.321 e. The SMILES string of the molecule is NC1CCCCCC1NC(=O)c1ccc([N+](=O)[O-])[nH]1. The Morgan fingerprint density at radius 1 is 1.37 bits per heavy atom. The first kappa shape index (κ1) is 13.5. The van der Waals surface area contributed by atoms with Crippen molar-refractivity contribution in [3.05, 3.63) is 27.9 Å². The van der Waals surface area contributed by atoms with Crippen molar-refractivity contribution in [3.63, 3.8) is 0 Å². The van der Waals surface area contributed by atoms with Crippen LogP contribution in [0.25, 0.3) is 0 Å². The summed E-state index contributed by atoms with van der Waals surface area (Å²) < 4.78 is 0. The molecule has 0 radical (unpaired) electrons. The normalized spacial score (nSPS) is 23.6. The van der Waals surface area contributed by atoms with Crippen LogP contribution in [0, 0.1) is 10.1 Å². The number of nitrogens with zero attached hydrogens (tertiary/aromatic N) is 1. The van der Waals surface area contributed by atoms with Gasteiger partial charge < -0.3 is 21.2 Å². The van der Waals surface area contributed by atoms with Gasteiger partial charge in [0, 0.05) is 18.2 Å². The first-order valence-electron chi connectivity index (χ1n) is 6.48. The number of hydrogen-bond donors (Lipinski definition) is 3. The molecule has 0 bridgehead atoms. The largest absolute Gasteiger partial charge is 0.358 e. The van der Waals surface area contributed by atoms with Crippen molar-refractivity contribution in [2.75, 3.05) is 0 Å². The van der Waals surface area contributed by atoms with Gasteiger partial charge in [-0.15, -0.1) is 0 Å². The number of aromatic nitrogens is 1. The third kappa shape index (κ3) is 3.31. The smallest absolute Gasteiger partial charge is 0.321 e. The van der Waals surface area contributed by atoms with Gasteiger partial charge in [-0.2, -0.15) is 0 Å². The lowest BCUT2D eigenvalue weighted by Crippen LogP contribution is -2.47. The maximum atomic E-state index is 12.0. The Morgan fingerprint density at radius 2 is 2.11 bits per heavy atom. The van der Waals surface area contributed by atoms with Crippen molar-refractivity contribution < 1.29 is 9.72 Å². The Morgan fingerprint density at radius 3 is 2.79 bits per heavy atom. The Bertz CT molecular complexity index is 471. The number of amides is 1. The number of aromatic amines is 1. The zero-order valence-corrected chi connectivity index (χ0v) is 10.6. The summed E-state index contributed by atoms with van der Waals surface area (Å²) in [4.78, 5) is 24.5. The molecule has 1 aromatic rings. The van der Waals surface area contributed by atoms with Crippen LogP contribution in [0.4, 0.5) is 5.82 Å². The highest BCUT2D eigenvalue weighted by Gasteiger charge is 2.24. The van der Waals surface area contributed by atoms with Gasteiger partial charge in [0.05, 0.1) is 0 Å². The molecular weight excluding hydrogens is 248 g/mol. The molecule has 1 aliphatic carbocycles. The van der Waals surface area contributed by atoms with Crippen LogP contribution in [0.3, 0.4) is 0 Å². The second-order valence-corrected chi connectivity index (χ2v) is 4.90. The minimum Gasteiger partial charge on any atom is -0.358 e. The van der Waals surface area contributed by atoms with Gasteiger partial charge in [-0.25, -0.2) is 4.98 Å². The molecule has 2 rings (SSSR count). The van der Waals surface area contributed by atoms with E-state index < -0.39 is 4.92 Å². The summed E-state index contributed by atoms with van der Waals surface area (Å²) in [5, 5.41) is 13.4. The molecule has 0 aromatic carbocycles. The van der Waals surface area contributed by atoms with Gasteiger partial charge in [-0.1, -0.05) is 19.3 Å². The van der Waals surface area contributed by atoms with E-state index >= 15 is 0 Å². The van der Waals surface area contributed by atoms with Crippen LogP contribution in [0.15, 0.2) is 12.1 Å². The number of hydrogen-bond acceptors (Lipinski definition) is 4. The molecule has 0 aliphatic heterocycles. The summed E-state index contributed by atoms with van der Waals surface area (Å²) in [7, 11) is 0. The second kappa shape index (κ2) is 5.83. The molecule has 1 fully saturated rings. The number of nitrogens with two attached hydrogens (primary N) is 1. The van der Waals surface area contributed by atoms with Crippen LogP contribution >= 0.6 is 0 Å². The van der Waals surface area contributed by atoms with Gasteiger partial charge in [0.15, 0.2) is 5.69 Å². The monoisotopic (exact) mass is 266 g/mol. The Labute approximate surface area is 110 Å². The number of carbonyl (C=O) groups is 1. The lowest BCUT2D eigenvalue weighted by atomic mass is 10.0. The van der Waals surface area contributed by atoms with E-state index in [1.54, 1.807) is 0 Å². The summed E-state index contributed by atoms with van der Waals surface area (Å²) in [5.41, 5.74) is 6.22. The van der Waals surface area contributed by atoms with Crippen LogP contribution in [-0.2, 0) is 0 Å². The summed E-state index contributed by atoms with van der Waals surface area (Å²) in [6.45, 7) is 0. The molecule has 4 N–H and O–H groups in total. The molecule has 19 heavy (non-hydrogen) atoms. The third-order valence-corrected chi connectivity index (χ3v) is 3.50. The minimum atomic E-state index is -0.561. The van der Waals surface area contributed by atoms with E-state index in [0.717, 1.165) is 32.1 Å². The van der Waals surface area contributed by atoms with Crippen LogP contribution in [0.5, 0.6) is 0 Å². The number of nitrogens with one attached hydrogen (secondary N) is 2. The highest BCUT2D eigenvalue weighted by atomic mass is 16.6. The first-order chi connectivity index (χ1) is 9.08. The van der Waals surface area contributed by atoms with Crippen molar-refractivity contribution >= 4 is 11.7 Å². The highest BCUT2D eigenvalue weighted by molar-refractivity contribution is 5.93. The van der Waals surface area contributed by atoms with Crippen molar-refractivity contribution in [1.29, 1.82) is 0 Å². The molecule has 7 nitrogen and oxygen atoms in total. The van der Waals surface area contributed by atoms with E-state index in [9.17, 15) is 14.9 Å². The van der Waals surface area contributed by atoms with E-state index in [-0.39, 0.29) is 29.5 Å². The lowest BCUT2D eigenvalue weighted by molar-refractivity contribution is -0.389. The van der Waals surface area contributed by atoms with Crippen molar-refractivity contribution in [3.8, 4) is 0 Å².